The number of rotatable bonds is 2. The van der Waals surface area contributed by atoms with Crippen molar-refractivity contribution in [1.82, 2.24) is 4.98 Å². The van der Waals surface area contributed by atoms with Gasteiger partial charge in [-0.1, -0.05) is 0 Å². The van der Waals surface area contributed by atoms with Crippen LogP contribution in [0.15, 0.2) is 12.1 Å². The smallest absolute Gasteiger partial charge is 0.239 e. The molecule has 0 aromatic carbocycles. The van der Waals surface area contributed by atoms with Gasteiger partial charge in [-0.3, -0.25) is 0 Å². The molecule has 1 aromatic heterocycles. The molecule has 0 aliphatic carbocycles. The van der Waals surface area contributed by atoms with Crippen LogP contribution in [0, 0.1) is 0 Å². The van der Waals surface area contributed by atoms with Crippen LogP contribution < -0.4 is 15.4 Å². The fourth-order valence-electron chi connectivity index (χ4n) is 1.06. The van der Waals surface area contributed by atoms with Gasteiger partial charge in [-0.05, 0) is 32.9 Å². The highest BCUT2D eigenvalue weighted by Gasteiger charge is 2.15. The van der Waals surface area contributed by atoms with Gasteiger partial charge >= 0.3 is 0 Å². The Balaban J connectivity index is 3.01. The maximum absolute atomic E-state index is 5.79. The molecule has 4 heteroatoms. The molecule has 0 fully saturated rings. The molecule has 0 saturated heterocycles. The third-order valence-corrected chi connectivity index (χ3v) is 1.74. The van der Waals surface area contributed by atoms with Crippen LogP contribution in [0.1, 0.15) is 20.8 Å². The van der Waals surface area contributed by atoms with E-state index in [1.165, 1.54) is 0 Å². The van der Waals surface area contributed by atoms with E-state index in [2.05, 4.69) is 4.98 Å². The molecule has 0 atom stereocenters. The molecule has 0 bridgehead atoms. The van der Waals surface area contributed by atoms with E-state index in [1.54, 1.807) is 0 Å². The van der Waals surface area contributed by atoms with Crippen molar-refractivity contribution in [2.24, 2.45) is 0 Å². The molecule has 84 valence electrons. The van der Waals surface area contributed by atoms with Gasteiger partial charge in [0.05, 0.1) is 5.69 Å². The number of aromatic nitrogens is 1. The summed E-state index contributed by atoms with van der Waals surface area (Å²) in [7, 11) is 3.86. The van der Waals surface area contributed by atoms with E-state index in [1.807, 2.05) is 51.9 Å². The molecule has 15 heavy (non-hydrogen) atoms. The topological polar surface area (TPSA) is 51.4 Å². The normalized spacial score (nSPS) is 11.3. The van der Waals surface area contributed by atoms with Crippen LogP contribution in [0.3, 0.4) is 0 Å². The lowest BCUT2D eigenvalue weighted by atomic mass is 10.2. The zero-order valence-electron chi connectivity index (χ0n) is 10.0. The lowest BCUT2D eigenvalue weighted by Gasteiger charge is -2.22. The van der Waals surface area contributed by atoms with Crippen LogP contribution in [0.5, 0.6) is 5.88 Å². The second kappa shape index (κ2) is 3.96. The van der Waals surface area contributed by atoms with Crippen molar-refractivity contribution < 1.29 is 4.74 Å². The molecular weight excluding hydrogens is 190 g/mol. The van der Waals surface area contributed by atoms with Crippen molar-refractivity contribution >= 4 is 11.5 Å². The number of pyridine rings is 1. The minimum Gasteiger partial charge on any atom is -0.470 e. The lowest BCUT2D eigenvalue weighted by Crippen LogP contribution is -2.24. The van der Waals surface area contributed by atoms with Gasteiger partial charge in [0.15, 0.2) is 0 Å². The molecule has 0 aliphatic rings. The standard InChI is InChI=1S/C11H19N3O/c1-11(2,3)15-10-8(12)6-7-9(13-10)14(4)5/h6-7H,12H2,1-5H3. The van der Waals surface area contributed by atoms with Gasteiger partial charge in [0.25, 0.3) is 0 Å². The van der Waals surface area contributed by atoms with E-state index in [9.17, 15) is 0 Å². The molecule has 0 amide bonds. The monoisotopic (exact) mass is 209 g/mol. The number of hydrogen-bond donors (Lipinski definition) is 1. The zero-order valence-corrected chi connectivity index (χ0v) is 10.0. The zero-order chi connectivity index (χ0) is 11.6. The van der Waals surface area contributed by atoms with Crippen molar-refractivity contribution in [2.75, 3.05) is 24.7 Å². The number of anilines is 2. The van der Waals surface area contributed by atoms with E-state index >= 15 is 0 Å². The Kier molecular flexibility index (Phi) is 3.07. The fourth-order valence-corrected chi connectivity index (χ4v) is 1.06. The first-order valence-electron chi connectivity index (χ1n) is 4.92. The molecule has 1 rings (SSSR count). The van der Waals surface area contributed by atoms with Crippen LogP contribution in [0.4, 0.5) is 11.5 Å². The van der Waals surface area contributed by atoms with Crippen molar-refractivity contribution in [3.8, 4) is 5.88 Å². The first kappa shape index (κ1) is 11.6. The van der Waals surface area contributed by atoms with Crippen molar-refractivity contribution in [1.29, 1.82) is 0 Å². The highest BCUT2D eigenvalue weighted by molar-refractivity contribution is 5.54. The van der Waals surface area contributed by atoms with Gasteiger partial charge in [-0.25, -0.2) is 0 Å². The predicted octanol–water partition coefficient (Wildman–Crippen LogP) is 1.91. The van der Waals surface area contributed by atoms with Gasteiger partial charge in [-0.15, -0.1) is 0 Å². The van der Waals surface area contributed by atoms with Gasteiger partial charge in [0.1, 0.15) is 11.4 Å². The predicted molar refractivity (Wildman–Crippen MR) is 63.4 cm³/mol. The third-order valence-electron chi connectivity index (χ3n) is 1.74. The molecule has 4 nitrogen and oxygen atoms in total. The summed E-state index contributed by atoms with van der Waals surface area (Å²) < 4.78 is 5.66. The molecule has 0 aliphatic heterocycles. The second-order valence-corrected chi connectivity index (χ2v) is 4.67. The summed E-state index contributed by atoms with van der Waals surface area (Å²) in [4.78, 5) is 6.25. The third kappa shape index (κ3) is 3.31. The highest BCUT2D eigenvalue weighted by Crippen LogP contribution is 2.25. The Labute approximate surface area is 91.1 Å². The molecule has 0 saturated carbocycles. The summed E-state index contributed by atoms with van der Waals surface area (Å²) in [6, 6.07) is 3.67. The maximum atomic E-state index is 5.79. The molecular formula is C11H19N3O. The summed E-state index contributed by atoms with van der Waals surface area (Å²) in [6.45, 7) is 5.91. The molecule has 0 spiro atoms. The van der Waals surface area contributed by atoms with Crippen molar-refractivity contribution in [3.05, 3.63) is 12.1 Å². The summed E-state index contributed by atoms with van der Waals surface area (Å²) in [5, 5.41) is 0. The lowest BCUT2D eigenvalue weighted by molar-refractivity contribution is 0.125. The Morgan fingerprint density at radius 3 is 2.33 bits per heavy atom. The quantitative estimate of drug-likeness (QED) is 0.808. The Hall–Kier alpha value is -1.45. The Morgan fingerprint density at radius 2 is 1.87 bits per heavy atom. The summed E-state index contributed by atoms with van der Waals surface area (Å²) in [6.07, 6.45) is 0. The van der Waals surface area contributed by atoms with E-state index in [4.69, 9.17) is 10.5 Å². The minimum absolute atomic E-state index is 0.286. The molecule has 2 N–H and O–H groups in total. The largest absolute Gasteiger partial charge is 0.470 e. The van der Waals surface area contributed by atoms with E-state index in [0.717, 1.165) is 5.82 Å². The molecule has 1 heterocycles. The minimum atomic E-state index is -0.286. The Morgan fingerprint density at radius 1 is 1.27 bits per heavy atom. The average molecular weight is 209 g/mol. The fraction of sp³-hybridized carbons (Fsp3) is 0.545. The first-order valence-corrected chi connectivity index (χ1v) is 4.92. The summed E-state index contributed by atoms with van der Waals surface area (Å²) >= 11 is 0. The van der Waals surface area contributed by atoms with Gasteiger partial charge in [-0.2, -0.15) is 4.98 Å². The Bertz CT molecular complexity index is 342. The maximum Gasteiger partial charge on any atom is 0.239 e. The summed E-state index contributed by atoms with van der Waals surface area (Å²) in [5.41, 5.74) is 6.07. The van der Waals surface area contributed by atoms with E-state index in [-0.39, 0.29) is 5.60 Å². The molecule has 1 aromatic rings. The number of hydrogen-bond acceptors (Lipinski definition) is 4. The first-order chi connectivity index (χ1) is 6.79. The van der Waals surface area contributed by atoms with Gasteiger partial charge < -0.3 is 15.4 Å². The van der Waals surface area contributed by atoms with Crippen LogP contribution >= 0.6 is 0 Å². The van der Waals surface area contributed by atoms with E-state index < -0.39 is 0 Å². The summed E-state index contributed by atoms with van der Waals surface area (Å²) in [5.74, 6) is 1.33. The number of nitrogens with two attached hydrogens (primary N) is 1. The number of nitrogen functional groups attached to an aromatic ring is 1. The second-order valence-electron chi connectivity index (χ2n) is 4.67. The van der Waals surface area contributed by atoms with Crippen LogP contribution in [-0.2, 0) is 0 Å². The van der Waals surface area contributed by atoms with Crippen LogP contribution in [0.25, 0.3) is 0 Å². The van der Waals surface area contributed by atoms with Crippen LogP contribution in [-0.4, -0.2) is 24.7 Å². The van der Waals surface area contributed by atoms with Gasteiger partial charge in [0, 0.05) is 14.1 Å². The molecule has 0 radical (unpaired) electrons. The number of nitrogens with zero attached hydrogens (tertiary/aromatic N) is 2. The molecule has 0 unspecified atom stereocenters. The van der Waals surface area contributed by atoms with Crippen molar-refractivity contribution in [3.63, 3.8) is 0 Å². The van der Waals surface area contributed by atoms with E-state index in [0.29, 0.717) is 11.6 Å². The van der Waals surface area contributed by atoms with Gasteiger partial charge in [0.2, 0.25) is 5.88 Å². The highest BCUT2D eigenvalue weighted by atomic mass is 16.5. The SMILES string of the molecule is CN(C)c1ccc(N)c(OC(C)(C)C)n1. The van der Waals surface area contributed by atoms with Crippen molar-refractivity contribution in [2.45, 2.75) is 26.4 Å². The number of ether oxygens (including phenoxy) is 1. The van der Waals surface area contributed by atoms with Crippen LogP contribution in [0.2, 0.25) is 0 Å². The average Bonchev–Trinajstić information content (AvgIpc) is 2.06.